The number of aromatic nitrogens is 2. The molecular formula is C22H19FN3O+. The number of aryl methyl sites for hydroxylation is 1. The minimum Gasteiger partial charge on any atom is -0.505 e. The molecule has 4 rings (SSSR count). The second-order valence-corrected chi connectivity index (χ2v) is 6.42. The molecule has 0 amide bonds. The predicted octanol–water partition coefficient (Wildman–Crippen LogP) is 4.40. The van der Waals surface area contributed by atoms with E-state index in [1.54, 1.807) is 30.5 Å². The number of halogens is 1. The molecule has 5 heteroatoms. The molecule has 3 N–H and O–H groups in total. The fraction of sp³-hybridized carbons (Fsp3) is 0.0909. The lowest BCUT2D eigenvalue weighted by Crippen LogP contribution is -2.21. The van der Waals surface area contributed by atoms with E-state index < -0.39 is 6.04 Å². The number of phenols is 1. The Hall–Kier alpha value is -3.47. The molecule has 134 valence electrons. The summed E-state index contributed by atoms with van der Waals surface area (Å²) in [5.74, 6) is 0.424. The van der Waals surface area contributed by atoms with Gasteiger partial charge in [-0.1, -0.05) is 36.4 Å². The van der Waals surface area contributed by atoms with Crippen molar-refractivity contribution in [2.24, 2.45) is 0 Å². The summed E-state index contributed by atoms with van der Waals surface area (Å²) in [5.41, 5.74) is 2.46. The Morgan fingerprint density at radius 3 is 2.63 bits per heavy atom. The lowest BCUT2D eigenvalue weighted by atomic mass is 9.96. The van der Waals surface area contributed by atoms with Crippen LogP contribution in [0.1, 0.15) is 22.9 Å². The molecule has 0 aliphatic carbocycles. The number of phenolic OH excluding ortho intramolecular Hbond substituents is 1. The monoisotopic (exact) mass is 360 g/mol. The molecule has 0 fully saturated rings. The van der Waals surface area contributed by atoms with Crippen LogP contribution in [0.5, 0.6) is 5.75 Å². The summed E-state index contributed by atoms with van der Waals surface area (Å²) in [6.45, 7) is 1.95. The molecule has 2 aromatic carbocycles. The summed E-state index contributed by atoms with van der Waals surface area (Å²) < 4.78 is 14.6. The fourth-order valence-electron chi connectivity index (χ4n) is 3.23. The van der Waals surface area contributed by atoms with Gasteiger partial charge in [-0.15, -0.1) is 0 Å². The number of nitrogens with zero attached hydrogens (tertiary/aromatic N) is 1. The van der Waals surface area contributed by atoms with Gasteiger partial charge in [-0.3, -0.25) is 10.3 Å². The number of hydrogen-bond acceptors (Lipinski definition) is 3. The molecule has 1 atom stereocenters. The highest BCUT2D eigenvalue weighted by Crippen LogP contribution is 2.36. The molecule has 0 radical (unpaired) electrons. The number of pyridine rings is 2. The number of hydrogen-bond donors (Lipinski definition) is 2. The zero-order valence-electron chi connectivity index (χ0n) is 14.8. The van der Waals surface area contributed by atoms with Gasteiger partial charge < -0.3 is 5.11 Å². The molecule has 0 unspecified atom stereocenters. The molecule has 0 aliphatic rings. The highest BCUT2D eigenvalue weighted by atomic mass is 19.1. The van der Waals surface area contributed by atoms with Crippen LogP contribution in [0.2, 0.25) is 0 Å². The van der Waals surface area contributed by atoms with Crippen LogP contribution in [0, 0.1) is 12.7 Å². The average molecular weight is 360 g/mol. The predicted molar refractivity (Wildman–Crippen MR) is 103 cm³/mol. The van der Waals surface area contributed by atoms with E-state index in [0.29, 0.717) is 16.6 Å². The first-order chi connectivity index (χ1) is 13.1. The van der Waals surface area contributed by atoms with E-state index in [2.05, 4.69) is 15.3 Å². The number of aromatic amines is 1. The van der Waals surface area contributed by atoms with Crippen LogP contribution in [-0.4, -0.2) is 10.1 Å². The zero-order chi connectivity index (χ0) is 18.8. The van der Waals surface area contributed by atoms with Crippen LogP contribution in [0.3, 0.4) is 0 Å². The molecule has 0 saturated heterocycles. The van der Waals surface area contributed by atoms with Crippen molar-refractivity contribution in [3.8, 4) is 5.75 Å². The number of fused-ring (bicyclic) bond motifs is 1. The topological polar surface area (TPSA) is 59.3 Å². The van der Waals surface area contributed by atoms with Gasteiger partial charge in [0.2, 0.25) is 0 Å². The van der Waals surface area contributed by atoms with Crippen LogP contribution in [-0.2, 0) is 0 Å². The Labute approximate surface area is 156 Å². The first-order valence-electron chi connectivity index (χ1n) is 8.70. The molecule has 0 aliphatic heterocycles. The average Bonchev–Trinajstić information content (AvgIpc) is 2.68. The Morgan fingerprint density at radius 2 is 1.81 bits per heavy atom. The van der Waals surface area contributed by atoms with Crippen molar-refractivity contribution in [3.63, 3.8) is 0 Å². The van der Waals surface area contributed by atoms with E-state index in [-0.39, 0.29) is 11.6 Å². The van der Waals surface area contributed by atoms with Crippen molar-refractivity contribution in [2.45, 2.75) is 13.0 Å². The summed E-state index contributed by atoms with van der Waals surface area (Å²) in [7, 11) is 0. The summed E-state index contributed by atoms with van der Waals surface area (Å²) >= 11 is 0. The molecule has 0 spiro atoms. The minimum absolute atomic E-state index is 0.0431. The number of H-pyrrole nitrogens is 1. The normalized spacial score (nSPS) is 12.1. The lowest BCUT2D eigenvalue weighted by Gasteiger charge is -2.18. The molecule has 4 nitrogen and oxygen atoms in total. The summed E-state index contributed by atoms with van der Waals surface area (Å²) in [6.07, 6.45) is 1.63. The Morgan fingerprint density at radius 1 is 0.963 bits per heavy atom. The van der Waals surface area contributed by atoms with Crippen molar-refractivity contribution in [3.05, 3.63) is 95.6 Å². The Kier molecular flexibility index (Phi) is 4.42. The molecule has 4 aromatic rings. The largest absolute Gasteiger partial charge is 0.505 e. The van der Waals surface area contributed by atoms with Gasteiger partial charge >= 0.3 is 0 Å². The van der Waals surface area contributed by atoms with E-state index in [1.165, 1.54) is 6.07 Å². The fourth-order valence-corrected chi connectivity index (χ4v) is 3.23. The highest BCUT2D eigenvalue weighted by Gasteiger charge is 2.26. The third-order valence-corrected chi connectivity index (χ3v) is 4.55. The number of anilines is 1. The first kappa shape index (κ1) is 17.0. The van der Waals surface area contributed by atoms with Crippen molar-refractivity contribution < 1.29 is 14.5 Å². The SMILES string of the molecule is Cc1cccc(N[C@@H](c2ccccc2F)c2ccc3cccnc3c2O)[nH+]1. The smallest absolute Gasteiger partial charge is 0.273 e. The van der Waals surface area contributed by atoms with Gasteiger partial charge in [0.05, 0.1) is 5.69 Å². The maximum absolute atomic E-state index is 14.6. The molecular weight excluding hydrogens is 341 g/mol. The zero-order valence-corrected chi connectivity index (χ0v) is 14.8. The maximum Gasteiger partial charge on any atom is 0.273 e. The van der Waals surface area contributed by atoms with Crippen molar-refractivity contribution >= 4 is 16.7 Å². The summed E-state index contributed by atoms with van der Waals surface area (Å²) in [6, 6.07) is 19.1. The van der Waals surface area contributed by atoms with Gasteiger partial charge in [0, 0.05) is 28.8 Å². The molecule has 2 heterocycles. The molecule has 0 bridgehead atoms. The quantitative estimate of drug-likeness (QED) is 0.567. The third kappa shape index (κ3) is 3.31. The van der Waals surface area contributed by atoms with E-state index in [9.17, 15) is 9.50 Å². The van der Waals surface area contributed by atoms with Crippen LogP contribution < -0.4 is 10.3 Å². The van der Waals surface area contributed by atoms with Crippen LogP contribution in [0.4, 0.5) is 10.2 Å². The first-order valence-corrected chi connectivity index (χ1v) is 8.70. The second kappa shape index (κ2) is 7.03. The van der Waals surface area contributed by atoms with Gasteiger partial charge in [0.15, 0.2) is 6.04 Å². The van der Waals surface area contributed by atoms with E-state index in [4.69, 9.17) is 0 Å². The Bertz CT molecular complexity index is 1110. The van der Waals surface area contributed by atoms with Crippen molar-refractivity contribution in [2.75, 3.05) is 5.32 Å². The van der Waals surface area contributed by atoms with Gasteiger partial charge in [0.25, 0.3) is 5.82 Å². The van der Waals surface area contributed by atoms with Crippen molar-refractivity contribution in [1.29, 1.82) is 0 Å². The van der Waals surface area contributed by atoms with Gasteiger partial charge in [-0.05, 0) is 31.2 Å². The third-order valence-electron chi connectivity index (χ3n) is 4.55. The molecule has 27 heavy (non-hydrogen) atoms. The Balaban J connectivity index is 1.88. The van der Waals surface area contributed by atoms with Crippen LogP contribution in [0.25, 0.3) is 10.9 Å². The maximum atomic E-state index is 14.6. The lowest BCUT2D eigenvalue weighted by molar-refractivity contribution is -0.371. The van der Waals surface area contributed by atoms with E-state index in [1.807, 2.05) is 43.3 Å². The van der Waals surface area contributed by atoms with Gasteiger partial charge in [-0.2, -0.15) is 0 Å². The van der Waals surface area contributed by atoms with E-state index >= 15 is 0 Å². The summed E-state index contributed by atoms with van der Waals surface area (Å²) in [5, 5.41) is 15.0. The van der Waals surface area contributed by atoms with Gasteiger partial charge in [-0.25, -0.2) is 9.37 Å². The number of aromatic hydroxyl groups is 1. The highest BCUT2D eigenvalue weighted by molar-refractivity contribution is 5.85. The second-order valence-electron chi connectivity index (χ2n) is 6.42. The molecule has 2 aromatic heterocycles. The van der Waals surface area contributed by atoms with Crippen LogP contribution >= 0.6 is 0 Å². The van der Waals surface area contributed by atoms with Crippen LogP contribution in [0.15, 0.2) is 72.9 Å². The number of nitrogens with one attached hydrogen (secondary N) is 2. The molecule has 0 saturated carbocycles. The van der Waals surface area contributed by atoms with Gasteiger partial charge in [0.1, 0.15) is 17.1 Å². The van der Waals surface area contributed by atoms with E-state index in [0.717, 1.165) is 16.9 Å². The number of benzene rings is 2. The minimum atomic E-state index is -0.587. The standard InChI is InChI=1S/C22H18FN3O/c1-14-6-4-10-19(25-14)26-21(16-8-2-3-9-18(16)23)17-12-11-15-7-5-13-24-20(15)22(17)27/h2-13,21,27H,1H3,(H,25,26)/p+1/t21-/m0/s1. The van der Waals surface area contributed by atoms with Crippen molar-refractivity contribution in [1.82, 2.24) is 4.98 Å². The number of rotatable bonds is 4. The summed E-state index contributed by atoms with van der Waals surface area (Å²) in [4.78, 5) is 7.50.